The average Bonchev–Trinajstić information content (AvgIpc) is 3.25. The van der Waals surface area contributed by atoms with Crippen molar-refractivity contribution < 1.29 is 9.53 Å². The van der Waals surface area contributed by atoms with Gasteiger partial charge in [0.2, 0.25) is 0 Å². The maximum Gasteiger partial charge on any atom is 0.410 e. The van der Waals surface area contributed by atoms with Crippen molar-refractivity contribution in [2.24, 2.45) is 10.7 Å². The Morgan fingerprint density at radius 3 is 2.62 bits per heavy atom. The van der Waals surface area contributed by atoms with E-state index in [0.29, 0.717) is 37.0 Å². The number of amides is 1. The molecule has 1 saturated heterocycles. The van der Waals surface area contributed by atoms with Gasteiger partial charge in [-0.15, -0.1) is 0 Å². The molecule has 2 aliphatic heterocycles. The molecule has 0 aliphatic carbocycles. The highest BCUT2D eigenvalue weighted by molar-refractivity contribution is 6.30. The zero-order chi connectivity index (χ0) is 27.7. The van der Waals surface area contributed by atoms with Crippen LogP contribution in [0, 0.1) is 0 Å². The number of benzene rings is 2. The van der Waals surface area contributed by atoms with Crippen LogP contribution in [0.1, 0.15) is 50.3 Å². The minimum absolute atomic E-state index is 0.0810. The summed E-state index contributed by atoms with van der Waals surface area (Å²) in [5.74, 6) is 0.524. The molecule has 2 aromatic carbocycles. The van der Waals surface area contributed by atoms with E-state index >= 15 is 0 Å². The highest BCUT2D eigenvalue weighted by Gasteiger charge is 2.28. The van der Waals surface area contributed by atoms with Crippen molar-refractivity contribution in [3.8, 4) is 11.1 Å². The van der Waals surface area contributed by atoms with Crippen LogP contribution in [0.25, 0.3) is 11.1 Å². The number of nitrogens with one attached hydrogen (secondary N) is 1. The van der Waals surface area contributed by atoms with Crippen molar-refractivity contribution in [1.29, 1.82) is 0 Å². The fourth-order valence-electron chi connectivity index (χ4n) is 5.07. The number of carbonyl (C=O) groups is 1. The molecule has 204 valence electrons. The van der Waals surface area contributed by atoms with E-state index in [0.717, 1.165) is 46.3 Å². The van der Waals surface area contributed by atoms with Crippen LogP contribution in [0.4, 0.5) is 10.5 Å². The number of aromatic nitrogens is 1. The molecular formula is C30H34ClN5O3. The third kappa shape index (κ3) is 6.28. The molecular weight excluding hydrogens is 514 g/mol. The molecule has 8 nitrogen and oxygen atoms in total. The molecule has 0 unspecified atom stereocenters. The van der Waals surface area contributed by atoms with Gasteiger partial charge in [-0.3, -0.25) is 9.79 Å². The lowest BCUT2D eigenvalue weighted by molar-refractivity contribution is 0.0210. The molecule has 5 rings (SSSR count). The van der Waals surface area contributed by atoms with Gasteiger partial charge in [0.05, 0.1) is 13.1 Å². The second-order valence-corrected chi connectivity index (χ2v) is 11.6. The molecule has 1 aromatic heterocycles. The number of likely N-dealkylation sites (tertiary alicyclic amines) is 1. The predicted molar refractivity (Wildman–Crippen MR) is 156 cm³/mol. The second kappa shape index (κ2) is 10.8. The van der Waals surface area contributed by atoms with Gasteiger partial charge in [0.25, 0.3) is 5.56 Å². The minimum Gasteiger partial charge on any atom is -0.444 e. The van der Waals surface area contributed by atoms with E-state index in [-0.39, 0.29) is 17.7 Å². The number of aliphatic imine (C=N–C) groups is 1. The topological polar surface area (TPSA) is 102 Å². The Morgan fingerprint density at radius 1 is 1.13 bits per heavy atom. The Bertz CT molecular complexity index is 1480. The van der Waals surface area contributed by atoms with Gasteiger partial charge in [-0.1, -0.05) is 23.7 Å². The lowest BCUT2D eigenvalue weighted by Gasteiger charge is -2.34. The molecule has 3 heterocycles. The Balaban J connectivity index is 1.37. The quantitative estimate of drug-likeness (QED) is 0.454. The summed E-state index contributed by atoms with van der Waals surface area (Å²) >= 11 is 6.15. The standard InChI is InChI=1S/C30H34ClN5O3/c1-30(2,3)39-29(38)35-11-9-24(10-12-35)34-25-15-21(14-22-16-33-28(32)27(22)25)20-7-8-26(37)36(18-20)17-19-5-4-6-23(31)13-19/h4-8,13-15,18,24,34H,9-12,16-17H2,1-3H3,(H2,32,33). The normalized spacial score (nSPS) is 15.6. The molecule has 0 radical (unpaired) electrons. The van der Waals surface area contributed by atoms with Gasteiger partial charge in [0, 0.05) is 47.7 Å². The van der Waals surface area contributed by atoms with Gasteiger partial charge in [-0.05, 0) is 86.2 Å². The molecule has 39 heavy (non-hydrogen) atoms. The first kappa shape index (κ1) is 26.8. The molecule has 2 aliphatic rings. The Kier molecular flexibility index (Phi) is 7.40. The van der Waals surface area contributed by atoms with E-state index in [4.69, 9.17) is 22.1 Å². The molecule has 0 spiro atoms. The third-order valence-corrected chi connectivity index (χ3v) is 7.20. The van der Waals surface area contributed by atoms with Crippen LogP contribution in [0.15, 0.2) is 64.5 Å². The molecule has 0 bridgehead atoms. The van der Waals surface area contributed by atoms with Crippen molar-refractivity contribution >= 4 is 29.2 Å². The number of piperidine rings is 1. The van der Waals surface area contributed by atoms with E-state index in [1.54, 1.807) is 15.5 Å². The first-order chi connectivity index (χ1) is 18.6. The van der Waals surface area contributed by atoms with E-state index in [1.165, 1.54) is 0 Å². The summed E-state index contributed by atoms with van der Waals surface area (Å²) in [6, 6.07) is 15.3. The van der Waals surface area contributed by atoms with E-state index in [1.807, 2.05) is 57.3 Å². The van der Waals surface area contributed by atoms with Crippen LogP contribution < -0.4 is 16.6 Å². The van der Waals surface area contributed by atoms with E-state index in [2.05, 4.69) is 22.4 Å². The number of ether oxygens (including phenoxy) is 1. The highest BCUT2D eigenvalue weighted by Crippen LogP contribution is 2.33. The summed E-state index contributed by atoms with van der Waals surface area (Å²) in [6.07, 6.45) is 3.19. The SMILES string of the molecule is CC(C)(C)OC(=O)N1CCC(Nc2cc(-c3ccc(=O)n(Cc4cccc(Cl)c4)c3)cc3c2C(N)=NC3)CC1. The van der Waals surface area contributed by atoms with Gasteiger partial charge < -0.3 is 25.3 Å². The number of pyridine rings is 1. The fourth-order valence-corrected chi connectivity index (χ4v) is 5.28. The van der Waals surface area contributed by atoms with Crippen molar-refractivity contribution in [1.82, 2.24) is 9.47 Å². The number of fused-ring (bicyclic) bond motifs is 1. The lowest BCUT2D eigenvalue weighted by atomic mass is 9.97. The first-order valence-electron chi connectivity index (χ1n) is 13.2. The predicted octanol–water partition coefficient (Wildman–Crippen LogP) is 5.25. The number of hydrogen-bond acceptors (Lipinski definition) is 6. The molecule has 0 saturated carbocycles. The molecule has 0 atom stereocenters. The van der Waals surface area contributed by atoms with Gasteiger partial charge in [0.1, 0.15) is 11.4 Å². The van der Waals surface area contributed by atoms with E-state index in [9.17, 15) is 9.59 Å². The smallest absolute Gasteiger partial charge is 0.410 e. The van der Waals surface area contributed by atoms with Crippen molar-refractivity contribution in [2.75, 3.05) is 18.4 Å². The number of anilines is 1. The van der Waals surface area contributed by atoms with Gasteiger partial charge in [0.15, 0.2) is 0 Å². The first-order valence-corrected chi connectivity index (χ1v) is 13.6. The van der Waals surface area contributed by atoms with Crippen LogP contribution in [-0.2, 0) is 17.8 Å². The van der Waals surface area contributed by atoms with E-state index < -0.39 is 5.60 Å². The van der Waals surface area contributed by atoms with Gasteiger partial charge >= 0.3 is 6.09 Å². The zero-order valence-corrected chi connectivity index (χ0v) is 23.3. The maximum atomic E-state index is 12.6. The Labute approximate surface area is 233 Å². The minimum atomic E-state index is -0.513. The monoisotopic (exact) mass is 547 g/mol. The van der Waals surface area contributed by atoms with Crippen LogP contribution in [0.3, 0.4) is 0 Å². The van der Waals surface area contributed by atoms with Crippen molar-refractivity contribution in [2.45, 2.75) is 58.3 Å². The number of nitrogens with zero attached hydrogens (tertiary/aromatic N) is 3. The second-order valence-electron chi connectivity index (χ2n) is 11.2. The number of amidine groups is 1. The summed E-state index contributed by atoms with van der Waals surface area (Å²) in [6.45, 7) is 7.81. The fraction of sp³-hybridized carbons (Fsp3) is 0.367. The zero-order valence-electron chi connectivity index (χ0n) is 22.5. The average molecular weight is 548 g/mol. The van der Waals surface area contributed by atoms with Crippen molar-refractivity contribution in [3.05, 3.63) is 86.8 Å². The van der Waals surface area contributed by atoms with Crippen LogP contribution in [0.2, 0.25) is 5.02 Å². The molecule has 1 amide bonds. The molecule has 1 fully saturated rings. The molecule has 3 aromatic rings. The van der Waals surface area contributed by atoms with Crippen LogP contribution in [-0.4, -0.2) is 46.1 Å². The summed E-state index contributed by atoms with van der Waals surface area (Å²) in [7, 11) is 0. The Morgan fingerprint density at radius 2 is 1.90 bits per heavy atom. The number of hydrogen-bond donors (Lipinski definition) is 2. The highest BCUT2D eigenvalue weighted by atomic mass is 35.5. The summed E-state index contributed by atoms with van der Waals surface area (Å²) in [5.41, 5.74) is 11.5. The Hall–Kier alpha value is -3.78. The number of rotatable bonds is 5. The molecule has 9 heteroatoms. The van der Waals surface area contributed by atoms with Gasteiger partial charge in [-0.25, -0.2) is 4.79 Å². The van der Waals surface area contributed by atoms with Crippen molar-refractivity contribution in [3.63, 3.8) is 0 Å². The molecule has 3 N–H and O–H groups in total. The summed E-state index contributed by atoms with van der Waals surface area (Å²) in [5, 5.41) is 4.32. The van der Waals surface area contributed by atoms with Crippen LogP contribution in [0.5, 0.6) is 0 Å². The van der Waals surface area contributed by atoms with Gasteiger partial charge in [-0.2, -0.15) is 0 Å². The largest absolute Gasteiger partial charge is 0.444 e. The number of halogens is 1. The summed E-state index contributed by atoms with van der Waals surface area (Å²) < 4.78 is 7.23. The lowest BCUT2D eigenvalue weighted by Crippen LogP contribution is -2.44. The maximum absolute atomic E-state index is 12.6. The summed E-state index contributed by atoms with van der Waals surface area (Å²) in [4.78, 5) is 31.4. The number of nitrogens with two attached hydrogens (primary N) is 1. The number of carbonyl (C=O) groups excluding carboxylic acids is 1. The third-order valence-electron chi connectivity index (χ3n) is 6.96. The van der Waals surface area contributed by atoms with Crippen LogP contribution >= 0.6 is 11.6 Å².